The lowest BCUT2D eigenvalue weighted by molar-refractivity contribution is -0.111. The van der Waals surface area contributed by atoms with Crippen molar-refractivity contribution in [2.24, 2.45) is 5.92 Å². The maximum Gasteiger partial charge on any atom is 0.249 e. The minimum Gasteiger partial charge on any atom is -0.313 e. The molecule has 28 heavy (non-hydrogen) atoms. The zero-order valence-corrected chi connectivity index (χ0v) is 18.0. The summed E-state index contributed by atoms with van der Waals surface area (Å²) in [7, 11) is 0. The third-order valence-electron chi connectivity index (χ3n) is 5.50. The maximum atomic E-state index is 12.4. The van der Waals surface area contributed by atoms with Gasteiger partial charge in [0.25, 0.3) is 0 Å². The van der Waals surface area contributed by atoms with Crippen molar-refractivity contribution >= 4 is 28.3 Å². The van der Waals surface area contributed by atoms with E-state index in [4.69, 9.17) is 0 Å². The first-order valence-corrected chi connectivity index (χ1v) is 10.8. The van der Waals surface area contributed by atoms with Crippen molar-refractivity contribution in [3.63, 3.8) is 0 Å². The van der Waals surface area contributed by atoms with Crippen molar-refractivity contribution in [1.82, 2.24) is 0 Å². The molecule has 1 amide bonds. The van der Waals surface area contributed by atoms with E-state index in [-0.39, 0.29) is 11.3 Å². The van der Waals surface area contributed by atoms with Crippen LogP contribution in [0.5, 0.6) is 0 Å². The molecule has 1 heterocycles. The van der Waals surface area contributed by atoms with Crippen LogP contribution < -0.4 is 5.32 Å². The molecular formula is C24H28N2OS. The summed E-state index contributed by atoms with van der Waals surface area (Å²) in [6, 6.07) is 10.6. The smallest absolute Gasteiger partial charge is 0.249 e. The molecule has 146 valence electrons. The Balaban J connectivity index is 1.71. The summed E-state index contributed by atoms with van der Waals surface area (Å²) in [5.41, 5.74) is 4.17. The summed E-state index contributed by atoms with van der Waals surface area (Å²) < 4.78 is 0. The lowest BCUT2D eigenvalue weighted by Gasteiger charge is -2.20. The second-order valence-corrected chi connectivity index (χ2v) is 9.64. The highest BCUT2D eigenvalue weighted by molar-refractivity contribution is 7.16. The number of carbonyl (C=O) groups is 1. The van der Waals surface area contributed by atoms with Crippen molar-refractivity contribution in [2.45, 2.75) is 58.8 Å². The van der Waals surface area contributed by atoms with E-state index in [0.717, 1.165) is 36.8 Å². The third kappa shape index (κ3) is 4.54. The highest BCUT2D eigenvalue weighted by Crippen LogP contribution is 2.40. The fraction of sp³-hybridized carbons (Fsp3) is 0.417. The number of hydrogen-bond acceptors (Lipinski definition) is 3. The molecule has 3 nitrogen and oxygen atoms in total. The van der Waals surface area contributed by atoms with E-state index >= 15 is 0 Å². The SMILES string of the molecule is CC[C@@H]1CCc2c(sc(NC(=O)/C=C/c3ccc(C(C)(C)C)cc3)c2C#N)C1. The van der Waals surface area contributed by atoms with E-state index in [1.807, 2.05) is 18.2 Å². The molecule has 1 N–H and O–H groups in total. The molecule has 1 atom stereocenters. The normalized spacial score (nSPS) is 16.6. The number of anilines is 1. The minimum absolute atomic E-state index is 0.113. The Kier molecular flexibility index (Phi) is 6.05. The summed E-state index contributed by atoms with van der Waals surface area (Å²) >= 11 is 1.57. The van der Waals surface area contributed by atoms with E-state index in [1.54, 1.807) is 17.4 Å². The van der Waals surface area contributed by atoms with Crippen molar-refractivity contribution in [3.8, 4) is 6.07 Å². The second-order valence-electron chi connectivity index (χ2n) is 8.53. The second kappa shape index (κ2) is 8.32. The van der Waals surface area contributed by atoms with Crippen molar-refractivity contribution in [2.75, 3.05) is 5.32 Å². The molecular weight excluding hydrogens is 364 g/mol. The average molecular weight is 393 g/mol. The molecule has 0 unspecified atom stereocenters. The molecule has 0 spiro atoms. The molecule has 0 aliphatic heterocycles. The standard InChI is InChI=1S/C24H28N2OS/c1-5-16-8-12-19-20(15-25)23(28-21(19)14-16)26-22(27)13-9-17-6-10-18(11-7-17)24(2,3)4/h6-7,9-11,13,16H,5,8,12,14H2,1-4H3,(H,26,27)/b13-9+/t16-/m1/s1. The molecule has 4 heteroatoms. The predicted molar refractivity (Wildman–Crippen MR) is 118 cm³/mol. The Morgan fingerprint density at radius 2 is 2.04 bits per heavy atom. The Labute approximate surface area is 172 Å². The number of thiophene rings is 1. The number of fused-ring (bicyclic) bond motifs is 1. The maximum absolute atomic E-state index is 12.4. The molecule has 1 aromatic carbocycles. The third-order valence-corrected chi connectivity index (χ3v) is 6.67. The zero-order chi connectivity index (χ0) is 20.3. The predicted octanol–water partition coefficient (Wildman–Crippen LogP) is 6.08. The van der Waals surface area contributed by atoms with Gasteiger partial charge in [-0.15, -0.1) is 11.3 Å². The number of nitrogens with zero attached hydrogens (tertiary/aromatic N) is 1. The van der Waals surface area contributed by atoms with Gasteiger partial charge in [-0.1, -0.05) is 58.4 Å². The molecule has 0 saturated heterocycles. The summed E-state index contributed by atoms with van der Waals surface area (Å²) in [6.07, 6.45) is 7.62. The average Bonchev–Trinajstić information content (AvgIpc) is 3.01. The first kappa shape index (κ1) is 20.4. The summed E-state index contributed by atoms with van der Waals surface area (Å²) in [4.78, 5) is 13.7. The van der Waals surface area contributed by atoms with Gasteiger partial charge in [0.2, 0.25) is 5.91 Å². The summed E-state index contributed by atoms with van der Waals surface area (Å²) in [5.74, 6) is 0.499. The van der Waals surface area contributed by atoms with Crippen LogP contribution in [0.3, 0.4) is 0 Å². The molecule has 2 aromatic rings. The zero-order valence-electron chi connectivity index (χ0n) is 17.1. The van der Waals surface area contributed by atoms with Gasteiger partial charge in [-0.25, -0.2) is 0 Å². The van der Waals surface area contributed by atoms with E-state index < -0.39 is 0 Å². The number of hydrogen-bond donors (Lipinski definition) is 1. The van der Waals surface area contributed by atoms with Gasteiger partial charge in [0.05, 0.1) is 5.56 Å². The first-order valence-electron chi connectivity index (χ1n) is 9.96. The van der Waals surface area contributed by atoms with Gasteiger partial charge in [0.15, 0.2) is 0 Å². The van der Waals surface area contributed by atoms with Crippen LogP contribution in [0.15, 0.2) is 30.3 Å². The van der Waals surface area contributed by atoms with E-state index in [0.29, 0.717) is 16.5 Å². The largest absolute Gasteiger partial charge is 0.313 e. The van der Waals surface area contributed by atoms with E-state index in [2.05, 4.69) is 51.2 Å². The molecule has 0 radical (unpaired) electrons. The van der Waals surface area contributed by atoms with E-state index in [1.165, 1.54) is 10.4 Å². The van der Waals surface area contributed by atoms with Gasteiger partial charge in [0, 0.05) is 11.0 Å². The van der Waals surface area contributed by atoms with Crippen LogP contribution in [0.25, 0.3) is 6.08 Å². The molecule has 0 saturated carbocycles. The van der Waals surface area contributed by atoms with Gasteiger partial charge in [-0.05, 0) is 53.4 Å². The lowest BCUT2D eigenvalue weighted by Crippen LogP contribution is -2.12. The molecule has 1 aromatic heterocycles. The highest BCUT2D eigenvalue weighted by Gasteiger charge is 2.25. The molecule has 1 aliphatic rings. The summed E-state index contributed by atoms with van der Waals surface area (Å²) in [6.45, 7) is 8.76. The summed E-state index contributed by atoms with van der Waals surface area (Å²) in [5, 5.41) is 13.2. The molecule has 1 aliphatic carbocycles. The van der Waals surface area contributed by atoms with Gasteiger partial charge in [-0.2, -0.15) is 5.26 Å². The van der Waals surface area contributed by atoms with Gasteiger partial charge in [-0.3, -0.25) is 4.79 Å². The number of rotatable bonds is 4. The number of nitrogens with one attached hydrogen (secondary N) is 1. The quantitative estimate of drug-likeness (QED) is 0.641. The number of nitriles is 1. The lowest BCUT2D eigenvalue weighted by atomic mass is 9.86. The van der Waals surface area contributed by atoms with Crippen molar-refractivity contribution in [3.05, 3.63) is 57.5 Å². The number of carbonyl (C=O) groups excluding carboxylic acids is 1. The number of benzene rings is 1. The Bertz CT molecular complexity index is 923. The monoisotopic (exact) mass is 392 g/mol. The van der Waals surface area contributed by atoms with Crippen LogP contribution in [0.2, 0.25) is 0 Å². The van der Waals surface area contributed by atoms with Crippen LogP contribution >= 0.6 is 11.3 Å². The fourth-order valence-electron chi connectivity index (χ4n) is 3.63. The molecule has 0 fully saturated rings. The van der Waals surface area contributed by atoms with Crippen molar-refractivity contribution in [1.29, 1.82) is 5.26 Å². The molecule has 0 bridgehead atoms. The van der Waals surface area contributed by atoms with Gasteiger partial charge < -0.3 is 5.32 Å². The van der Waals surface area contributed by atoms with E-state index in [9.17, 15) is 10.1 Å². The Morgan fingerprint density at radius 1 is 1.32 bits per heavy atom. The van der Waals surface area contributed by atoms with Crippen LogP contribution in [-0.2, 0) is 23.1 Å². The number of amides is 1. The van der Waals surface area contributed by atoms with Crippen LogP contribution in [-0.4, -0.2) is 5.91 Å². The highest BCUT2D eigenvalue weighted by atomic mass is 32.1. The molecule has 3 rings (SSSR count). The van der Waals surface area contributed by atoms with Crippen molar-refractivity contribution < 1.29 is 4.79 Å². The van der Waals surface area contributed by atoms with Gasteiger partial charge in [0.1, 0.15) is 11.1 Å². The Morgan fingerprint density at radius 3 is 2.64 bits per heavy atom. The van der Waals surface area contributed by atoms with Crippen LogP contribution in [0, 0.1) is 17.2 Å². The van der Waals surface area contributed by atoms with Gasteiger partial charge >= 0.3 is 0 Å². The first-order chi connectivity index (χ1) is 13.3. The van der Waals surface area contributed by atoms with Crippen LogP contribution in [0.4, 0.5) is 5.00 Å². The Hall–Kier alpha value is -2.38. The topological polar surface area (TPSA) is 52.9 Å². The minimum atomic E-state index is -0.193. The fourth-order valence-corrected chi connectivity index (χ4v) is 4.94. The van der Waals surface area contributed by atoms with Crippen LogP contribution in [0.1, 0.15) is 67.7 Å².